The summed E-state index contributed by atoms with van der Waals surface area (Å²) >= 11 is 11.6. The van der Waals surface area contributed by atoms with E-state index in [-0.39, 0.29) is 32.7 Å². The van der Waals surface area contributed by atoms with E-state index in [2.05, 4.69) is 5.32 Å². The molecule has 138 valence electrons. The number of esters is 1. The molecule has 0 aromatic heterocycles. The number of carbonyl (C=O) groups is 2. The van der Waals surface area contributed by atoms with Gasteiger partial charge in [0, 0.05) is 11.1 Å². The molecule has 0 aliphatic rings. The van der Waals surface area contributed by atoms with Gasteiger partial charge in [0.1, 0.15) is 17.1 Å². The van der Waals surface area contributed by atoms with E-state index in [1.165, 1.54) is 38.3 Å². The largest absolute Gasteiger partial charge is 0.496 e. The van der Waals surface area contributed by atoms with Crippen molar-refractivity contribution in [2.24, 2.45) is 0 Å². The molecule has 0 aliphatic carbocycles. The van der Waals surface area contributed by atoms with Crippen LogP contribution in [0.4, 0.5) is 15.8 Å². The smallest absolute Gasteiger partial charge is 0.342 e. The van der Waals surface area contributed by atoms with Crippen LogP contribution in [0, 0.1) is 5.82 Å². The molecule has 0 heterocycles. The molecular formula is C17H15Cl2FN2O4. The van der Waals surface area contributed by atoms with Crippen LogP contribution in [0.2, 0.25) is 10.0 Å². The summed E-state index contributed by atoms with van der Waals surface area (Å²) in [4.78, 5) is 24.4. The SMILES string of the molecule is COc1cc(N)c(Cl)cc1C(=O)OC(C)C(=O)Nc1ccc(Cl)cc1F. The van der Waals surface area contributed by atoms with Crippen LogP contribution < -0.4 is 15.8 Å². The molecule has 3 N–H and O–H groups in total. The van der Waals surface area contributed by atoms with Gasteiger partial charge in [-0.25, -0.2) is 9.18 Å². The van der Waals surface area contributed by atoms with Crippen LogP contribution in [-0.2, 0) is 9.53 Å². The number of nitrogens with two attached hydrogens (primary N) is 1. The van der Waals surface area contributed by atoms with E-state index in [9.17, 15) is 14.0 Å². The van der Waals surface area contributed by atoms with Crippen molar-refractivity contribution in [3.63, 3.8) is 0 Å². The van der Waals surface area contributed by atoms with Crippen molar-refractivity contribution in [2.45, 2.75) is 13.0 Å². The van der Waals surface area contributed by atoms with Crippen LogP contribution in [-0.4, -0.2) is 25.1 Å². The molecule has 0 saturated carbocycles. The average Bonchev–Trinajstić information content (AvgIpc) is 2.59. The van der Waals surface area contributed by atoms with Gasteiger partial charge in [-0.05, 0) is 31.2 Å². The van der Waals surface area contributed by atoms with Crippen LogP contribution in [0.25, 0.3) is 0 Å². The first-order valence-corrected chi connectivity index (χ1v) is 8.08. The highest BCUT2D eigenvalue weighted by Gasteiger charge is 2.23. The van der Waals surface area contributed by atoms with Crippen LogP contribution in [0.5, 0.6) is 5.75 Å². The van der Waals surface area contributed by atoms with E-state index in [0.717, 1.165) is 6.07 Å². The molecule has 9 heteroatoms. The molecule has 2 aromatic rings. The lowest BCUT2D eigenvalue weighted by Gasteiger charge is -2.15. The van der Waals surface area contributed by atoms with Crippen molar-refractivity contribution >= 4 is 46.5 Å². The minimum Gasteiger partial charge on any atom is -0.496 e. The number of carbonyl (C=O) groups excluding carboxylic acids is 2. The normalized spacial score (nSPS) is 11.6. The molecule has 0 saturated heterocycles. The summed E-state index contributed by atoms with van der Waals surface area (Å²) in [6.45, 7) is 1.34. The van der Waals surface area contributed by atoms with Gasteiger partial charge in [0.05, 0.1) is 23.5 Å². The third kappa shape index (κ3) is 4.56. The number of rotatable bonds is 5. The first-order chi connectivity index (χ1) is 12.2. The fourth-order valence-corrected chi connectivity index (χ4v) is 2.32. The van der Waals surface area contributed by atoms with Crippen LogP contribution in [0.1, 0.15) is 17.3 Å². The molecule has 0 spiro atoms. The second-order valence-electron chi connectivity index (χ2n) is 5.23. The Balaban J connectivity index is 2.11. The minimum absolute atomic E-state index is 0.00373. The first kappa shape index (κ1) is 19.8. The van der Waals surface area contributed by atoms with E-state index < -0.39 is 23.8 Å². The summed E-state index contributed by atoms with van der Waals surface area (Å²) in [5, 5.41) is 2.64. The van der Waals surface area contributed by atoms with Gasteiger partial charge >= 0.3 is 5.97 Å². The standard InChI is InChI=1S/C17H15Cl2FN2O4/c1-8(16(23)22-14-4-3-9(18)5-12(14)20)26-17(24)10-6-11(19)13(21)7-15(10)25-2/h3-8H,21H2,1-2H3,(H,22,23). The molecule has 0 bridgehead atoms. The molecule has 2 rings (SSSR count). The third-order valence-electron chi connectivity index (χ3n) is 3.38. The molecule has 0 fully saturated rings. The fraction of sp³-hybridized carbons (Fsp3) is 0.176. The van der Waals surface area contributed by atoms with Gasteiger partial charge < -0.3 is 20.5 Å². The predicted molar refractivity (Wildman–Crippen MR) is 97.3 cm³/mol. The molecule has 0 aliphatic heterocycles. The van der Waals surface area contributed by atoms with E-state index in [0.29, 0.717) is 0 Å². The van der Waals surface area contributed by atoms with Gasteiger partial charge in [0.15, 0.2) is 6.10 Å². The second-order valence-corrected chi connectivity index (χ2v) is 6.08. The maximum atomic E-state index is 13.7. The fourth-order valence-electron chi connectivity index (χ4n) is 2.00. The summed E-state index contributed by atoms with van der Waals surface area (Å²) in [5.74, 6) is -2.13. The van der Waals surface area contributed by atoms with E-state index in [4.69, 9.17) is 38.4 Å². The zero-order valence-corrected chi connectivity index (χ0v) is 15.3. The van der Waals surface area contributed by atoms with Gasteiger partial charge in [0.2, 0.25) is 0 Å². The molecule has 1 atom stereocenters. The Hall–Kier alpha value is -2.51. The molecule has 6 nitrogen and oxygen atoms in total. The zero-order chi connectivity index (χ0) is 19.4. The van der Waals surface area contributed by atoms with Crippen molar-refractivity contribution in [1.82, 2.24) is 0 Å². The number of halogens is 3. The van der Waals surface area contributed by atoms with Crippen molar-refractivity contribution < 1.29 is 23.5 Å². The van der Waals surface area contributed by atoms with Gasteiger partial charge in [0.25, 0.3) is 5.91 Å². The van der Waals surface area contributed by atoms with E-state index >= 15 is 0 Å². The molecule has 2 aromatic carbocycles. The lowest BCUT2D eigenvalue weighted by molar-refractivity contribution is -0.123. The van der Waals surface area contributed by atoms with Crippen molar-refractivity contribution in [3.8, 4) is 5.75 Å². The van der Waals surface area contributed by atoms with Crippen molar-refractivity contribution in [3.05, 3.63) is 51.8 Å². The molecule has 0 radical (unpaired) electrons. The van der Waals surface area contributed by atoms with Gasteiger partial charge in [-0.15, -0.1) is 0 Å². The minimum atomic E-state index is -1.21. The molecule has 26 heavy (non-hydrogen) atoms. The number of amides is 1. The highest BCUT2D eigenvalue weighted by atomic mass is 35.5. The quantitative estimate of drug-likeness (QED) is 0.586. The third-order valence-corrected chi connectivity index (χ3v) is 3.94. The Bertz CT molecular complexity index is 861. The van der Waals surface area contributed by atoms with Gasteiger partial charge in [-0.2, -0.15) is 0 Å². The number of nitrogens with one attached hydrogen (secondary N) is 1. The van der Waals surface area contributed by atoms with Gasteiger partial charge in [-0.3, -0.25) is 4.79 Å². The number of anilines is 2. The number of hydrogen-bond acceptors (Lipinski definition) is 5. The molecule has 1 unspecified atom stereocenters. The Morgan fingerprint density at radius 3 is 2.54 bits per heavy atom. The topological polar surface area (TPSA) is 90.7 Å². The van der Waals surface area contributed by atoms with Crippen LogP contribution in [0.3, 0.4) is 0 Å². The number of benzene rings is 2. The summed E-state index contributed by atoms with van der Waals surface area (Å²) in [5.41, 5.74) is 5.79. The van der Waals surface area contributed by atoms with E-state index in [1.54, 1.807) is 0 Å². The summed E-state index contributed by atoms with van der Waals surface area (Å²) < 4.78 is 23.9. The summed E-state index contributed by atoms with van der Waals surface area (Å²) in [7, 11) is 1.35. The monoisotopic (exact) mass is 400 g/mol. The Labute approximate surface area is 159 Å². The zero-order valence-electron chi connectivity index (χ0n) is 13.8. The Morgan fingerprint density at radius 1 is 1.23 bits per heavy atom. The lowest BCUT2D eigenvalue weighted by Crippen LogP contribution is -2.30. The number of ether oxygens (including phenoxy) is 2. The summed E-state index contributed by atoms with van der Waals surface area (Å²) in [6, 6.07) is 6.41. The Kier molecular flexibility index (Phi) is 6.28. The van der Waals surface area contributed by atoms with Crippen molar-refractivity contribution in [2.75, 3.05) is 18.2 Å². The number of methoxy groups -OCH3 is 1. The second kappa shape index (κ2) is 8.25. The first-order valence-electron chi connectivity index (χ1n) is 7.32. The molecular weight excluding hydrogens is 386 g/mol. The van der Waals surface area contributed by atoms with Crippen molar-refractivity contribution in [1.29, 1.82) is 0 Å². The average molecular weight is 401 g/mol. The maximum absolute atomic E-state index is 13.7. The van der Waals surface area contributed by atoms with Gasteiger partial charge in [-0.1, -0.05) is 23.2 Å². The highest BCUT2D eigenvalue weighted by Crippen LogP contribution is 2.29. The maximum Gasteiger partial charge on any atom is 0.342 e. The predicted octanol–water partition coefficient (Wildman–Crippen LogP) is 3.91. The van der Waals surface area contributed by atoms with Crippen LogP contribution in [0.15, 0.2) is 30.3 Å². The highest BCUT2D eigenvalue weighted by molar-refractivity contribution is 6.33. The number of nitrogen functional groups attached to an aromatic ring is 1. The van der Waals surface area contributed by atoms with E-state index in [1.807, 2.05) is 0 Å². The van der Waals surface area contributed by atoms with Crippen LogP contribution >= 0.6 is 23.2 Å². The number of hydrogen-bond donors (Lipinski definition) is 2. The molecule has 1 amide bonds. The lowest BCUT2D eigenvalue weighted by atomic mass is 10.2. The summed E-state index contributed by atoms with van der Waals surface area (Å²) in [6.07, 6.45) is -1.21. The Morgan fingerprint density at radius 2 is 1.92 bits per heavy atom.